The molecule has 0 aliphatic rings. The van der Waals surface area contributed by atoms with Gasteiger partial charge < -0.3 is 20.1 Å². The van der Waals surface area contributed by atoms with Crippen LogP contribution >= 0.6 is 0 Å². The number of aliphatic hydroxyl groups is 1. The minimum atomic E-state index is -1.06. The van der Waals surface area contributed by atoms with Gasteiger partial charge in [-0.1, -0.05) is 55.8 Å². The van der Waals surface area contributed by atoms with Crippen LogP contribution in [0.15, 0.2) is 72.8 Å². The topological polar surface area (TPSA) is 138 Å². The summed E-state index contributed by atoms with van der Waals surface area (Å²) in [5, 5.41) is 23.9. The van der Waals surface area contributed by atoms with E-state index in [1.54, 1.807) is 24.3 Å². The van der Waals surface area contributed by atoms with E-state index in [9.17, 15) is 19.2 Å². The van der Waals surface area contributed by atoms with E-state index in [1.807, 2.05) is 0 Å². The Morgan fingerprint density at radius 2 is 1.00 bits per heavy atom. The number of hydrogen-bond acceptors (Lipinski definition) is 6. The second-order valence-corrected chi connectivity index (χ2v) is 7.88. The maximum absolute atomic E-state index is 11.0. The molecule has 0 radical (unpaired) electrons. The van der Waals surface area contributed by atoms with Crippen molar-refractivity contribution in [3.05, 3.63) is 106 Å². The van der Waals surface area contributed by atoms with Crippen molar-refractivity contribution in [1.82, 2.24) is 0 Å². The zero-order valence-electron chi connectivity index (χ0n) is 21.9. The molecule has 0 spiro atoms. The summed E-state index contributed by atoms with van der Waals surface area (Å²) < 4.78 is 4.51. The Bertz CT molecular complexity index is 1100. The van der Waals surface area contributed by atoms with Gasteiger partial charge in [0.1, 0.15) is 0 Å². The highest BCUT2D eigenvalue weighted by Gasteiger charge is 2.06. The van der Waals surface area contributed by atoms with E-state index in [0.717, 1.165) is 7.11 Å². The first-order chi connectivity index (χ1) is 17.5. The number of aliphatic hydroxyl groups excluding tert-OH is 1. The molecule has 0 saturated heterocycles. The van der Waals surface area contributed by atoms with E-state index in [4.69, 9.17) is 15.3 Å². The van der Waals surface area contributed by atoms with Gasteiger partial charge in [-0.2, -0.15) is 0 Å². The molecule has 0 heterocycles. The van der Waals surface area contributed by atoms with Crippen LogP contribution in [0, 0.1) is 6.92 Å². The van der Waals surface area contributed by atoms with E-state index in [2.05, 4.69) is 49.8 Å². The van der Waals surface area contributed by atoms with Crippen LogP contribution in [0.5, 0.6) is 0 Å². The largest absolute Gasteiger partial charge is 0.478 e. The molecule has 0 aromatic heterocycles. The van der Waals surface area contributed by atoms with Gasteiger partial charge in [-0.05, 0) is 61.7 Å². The first kappa shape index (κ1) is 32.7. The third kappa shape index (κ3) is 12.3. The van der Waals surface area contributed by atoms with Gasteiger partial charge in [-0.25, -0.2) is 14.4 Å². The summed E-state index contributed by atoms with van der Waals surface area (Å²) in [6, 6.07) is 20.1. The Labute approximate surface area is 217 Å². The number of carboxylic acid groups (broad SMARTS) is 2. The first-order valence-electron chi connectivity index (χ1n) is 11.2. The number of aryl methyl sites for hydroxylation is 1. The Morgan fingerprint density at radius 1 is 0.649 bits per heavy atom. The second-order valence-electron chi connectivity index (χ2n) is 7.88. The Morgan fingerprint density at radius 3 is 1.30 bits per heavy atom. The van der Waals surface area contributed by atoms with Crippen LogP contribution in [0.25, 0.3) is 0 Å². The molecular formula is C29H34O8. The number of carbonyl (C=O) groups is 4. The molecule has 0 aliphatic carbocycles. The van der Waals surface area contributed by atoms with E-state index in [1.165, 1.54) is 49.4 Å². The number of esters is 1. The van der Waals surface area contributed by atoms with E-state index in [0.29, 0.717) is 17.0 Å². The van der Waals surface area contributed by atoms with Gasteiger partial charge in [0, 0.05) is 12.7 Å². The van der Waals surface area contributed by atoms with Crippen molar-refractivity contribution in [1.29, 1.82) is 0 Å². The van der Waals surface area contributed by atoms with Gasteiger partial charge >= 0.3 is 17.9 Å². The molecule has 3 aromatic carbocycles. The molecule has 198 valence electrons. The second kappa shape index (κ2) is 17.2. The smallest absolute Gasteiger partial charge is 0.337 e. The highest BCUT2D eigenvalue weighted by molar-refractivity contribution is 5.96. The van der Waals surface area contributed by atoms with Crippen LogP contribution in [0.1, 0.15) is 79.2 Å². The maximum Gasteiger partial charge on any atom is 0.337 e. The first-order valence-corrected chi connectivity index (χ1v) is 11.2. The molecule has 3 aromatic rings. The molecule has 0 atom stereocenters. The fourth-order valence-corrected chi connectivity index (χ4v) is 2.67. The number of rotatable bonds is 5. The number of carboxylic acids is 2. The predicted octanol–water partition coefficient (Wildman–Crippen LogP) is 5.49. The van der Waals surface area contributed by atoms with Crippen molar-refractivity contribution in [2.45, 2.75) is 33.6 Å². The van der Waals surface area contributed by atoms with Crippen LogP contribution in [-0.4, -0.2) is 53.2 Å². The lowest BCUT2D eigenvalue weighted by Crippen LogP contribution is -2.01. The fourth-order valence-electron chi connectivity index (χ4n) is 2.67. The minimum absolute atomic E-state index is 0.0172. The van der Waals surface area contributed by atoms with Crippen LogP contribution in [0.2, 0.25) is 0 Å². The standard InChI is InChI=1S/C10H10O3.C10H14.C8H6O4.CH4O/c1-7(11)8-3-5-9(6-4-8)10(12)13-2;1-8(2)10-6-4-9(3)5-7-10;9-7(10)5-1-2-6(4-3-5)8(11)12;1-2/h3-6H,1-2H3;4-8H,1-3H3;1-4H,(H,9,10)(H,11,12);2H,1H3. The van der Waals surface area contributed by atoms with Crippen LogP contribution in [-0.2, 0) is 4.74 Å². The monoisotopic (exact) mass is 510 g/mol. The number of methoxy groups -OCH3 is 1. The normalized spacial score (nSPS) is 9.30. The van der Waals surface area contributed by atoms with Gasteiger partial charge in [0.15, 0.2) is 5.78 Å². The minimum Gasteiger partial charge on any atom is -0.478 e. The van der Waals surface area contributed by atoms with Crippen LogP contribution in [0.4, 0.5) is 0 Å². The average molecular weight is 511 g/mol. The molecule has 0 fully saturated rings. The lowest BCUT2D eigenvalue weighted by atomic mass is 10.0. The zero-order valence-corrected chi connectivity index (χ0v) is 21.9. The Kier molecular flexibility index (Phi) is 15.2. The number of ketones is 1. The number of benzene rings is 3. The predicted molar refractivity (Wildman–Crippen MR) is 142 cm³/mol. The van der Waals surface area contributed by atoms with Crippen molar-refractivity contribution in [2.24, 2.45) is 0 Å². The van der Waals surface area contributed by atoms with Gasteiger partial charge in [0.05, 0.1) is 23.8 Å². The van der Waals surface area contributed by atoms with E-state index < -0.39 is 17.9 Å². The van der Waals surface area contributed by atoms with Crippen LogP contribution < -0.4 is 0 Å². The molecular weight excluding hydrogens is 476 g/mol. The summed E-state index contributed by atoms with van der Waals surface area (Å²) in [6.07, 6.45) is 0. The van der Waals surface area contributed by atoms with Gasteiger partial charge in [-0.3, -0.25) is 4.79 Å². The molecule has 0 saturated carbocycles. The third-order valence-electron chi connectivity index (χ3n) is 4.84. The number of aromatic carboxylic acids is 2. The molecule has 3 rings (SSSR count). The van der Waals surface area contributed by atoms with Crippen molar-refractivity contribution in [3.63, 3.8) is 0 Å². The number of carbonyl (C=O) groups excluding carboxylic acids is 2. The molecule has 3 N–H and O–H groups in total. The summed E-state index contributed by atoms with van der Waals surface area (Å²) in [5.74, 6) is -1.88. The molecule has 37 heavy (non-hydrogen) atoms. The highest BCUT2D eigenvalue weighted by Crippen LogP contribution is 2.13. The summed E-state index contributed by atoms with van der Waals surface area (Å²) in [4.78, 5) is 42.5. The number of hydrogen-bond donors (Lipinski definition) is 3. The molecule has 0 aliphatic heterocycles. The zero-order chi connectivity index (χ0) is 28.5. The molecule has 0 bridgehead atoms. The lowest BCUT2D eigenvalue weighted by molar-refractivity contribution is 0.0598. The Hall–Kier alpha value is -4.30. The molecule has 8 heteroatoms. The summed E-state index contributed by atoms with van der Waals surface area (Å²) in [6.45, 7) is 8.02. The summed E-state index contributed by atoms with van der Waals surface area (Å²) in [7, 11) is 2.32. The number of ether oxygens (including phenoxy) is 1. The summed E-state index contributed by atoms with van der Waals surface area (Å²) >= 11 is 0. The number of Topliss-reactive ketones (excluding diaryl/α,β-unsaturated/α-hetero) is 1. The molecule has 0 amide bonds. The van der Waals surface area contributed by atoms with Gasteiger partial charge in [0.25, 0.3) is 0 Å². The van der Waals surface area contributed by atoms with Gasteiger partial charge in [0.2, 0.25) is 0 Å². The SMILES string of the molecule is CO.COC(=O)c1ccc(C(C)=O)cc1.Cc1ccc(C(C)C)cc1.O=C(O)c1ccc(C(=O)O)cc1. The van der Waals surface area contributed by atoms with Crippen LogP contribution in [0.3, 0.4) is 0 Å². The van der Waals surface area contributed by atoms with E-state index >= 15 is 0 Å². The van der Waals surface area contributed by atoms with Crippen molar-refractivity contribution in [2.75, 3.05) is 14.2 Å². The average Bonchev–Trinajstić information content (AvgIpc) is 2.90. The lowest BCUT2D eigenvalue weighted by Gasteiger charge is -2.03. The van der Waals surface area contributed by atoms with Gasteiger partial charge in [-0.15, -0.1) is 0 Å². The van der Waals surface area contributed by atoms with Crippen molar-refractivity contribution >= 4 is 23.7 Å². The quantitative estimate of drug-likeness (QED) is 0.303. The fraction of sp³-hybridized carbons (Fsp3) is 0.241. The Balaban J connectivity index is 0.000000511. The maximum atomic E-state index is 11.0. The highest BCUT2D eigenvalue weighted by atomic mass is 16.5. The molecule has 8 nitrogen and oxygen atoms in total. The van der Waals surface area contributed by atoms with E-state index in [-0.39, 0.29) is 16.9 Å². The summed E-state index contributed by atoms with van der Waals surface area (Å²) in [5.41, 5.74) is 3.97. The van der Waals surface area contributed by atoms with Crippen molar-refractivity contribution in [3.8, 4) is 0 Å². The van der Waals surface area contributed by atoms with Crippen molar-refractivity contribution < 1.29 is 39.2 Å². The molecule has 0 unspecified atom stereocenters. The third-order valence-corrected chi connectivity index (χ3v) is 4.84.